The highest BCUT2D eigenvalue weighted by atomic mass is 19.4. The fraction of sp³-hybridized carbons (Fsp3) is 0.310. The zero-order chi connectivity index (χ0) is 27.0. The van der Waals surface area contributed by atoms with Gasteiger partial charge in [-0.15, -0.1) is 0 Å². The SMILES string of the molecule is COC(=O)CCNC(=O)c1ccc(C(CC(C)C)Oc2ccc(-c3ccc(C(F)(F)F)cc3)cc2)cc1. The van der Waals surface area contributed by atoms with E-state index in [2.05, 4.69) is 23.9 Å². The van der Waals surface area contributed by atoms with Crippen molar-refractivity contribution in [2.45, 2.75) is 39.0 Å². The number of carbonyl (C=O) groups is 2. The van der Waals surface area contributed by atoms with E-state index < -0.39 is 17.7 Å². The summed E-state index contributed by atoms with van der Waals surface area (Å²) in [7, 11) is 1.30. The molecule has 0 fully saturated rings. The molecule has 0 aliphatic rings. The van der Waals surface area contributed by atoms with Crippen LogP contribution in [0.2, 0.25) is 0 Å². The Balaban J connectivity index is 1.68. The fourth-order valence-electron chi connectivity index (χ4n) is 3.75. The Labute approximate surface area is 214 Å². The quantitative estimate of drug-likeness (QED) is 0.302. The molecule has 0 aliphatic carbocycles. The summed E-state index contributed by atoms with van der Waals surface area (Å²) >= 11 is 0. The van der Waals surface area contributed by atoms with Gasteiger partial charge in [-0.3, -0.25) is 9.59 Å². The molecule has 0 heterocycles. The van der Waals surface area contributed by atoms with Gasteiger partial charge in [-0.1, -0.05) is 50.2 Å². The van der Waals surface area contributed by atoms with Crippen molar-refractivity contribution in [1.29, 1.82) is 0 Å². The predicted molar refractivity (Wildman–Crippen MR) is 135 cm³/mol. The summed E-state index contributed by atoms with van der Waals surface area (Å²) in [6.07, 6.45) is -3.78. The summed E-state index contributed by atoms with van der Waals surface area (Å²) in [6.45, 7) is 4.37. The Hall–Kier alpha value is -3.81. The summed E-state index contributed by atoms with van der Waals surface area (Å²) in [4.78, 5) is 23.5. The normalized spacial score (nSPS) is 12.2. The minimum atomic E-state index is -4.37. The Kier molecular flexibility index (Phi) is 9.33. The van der Waals surface area contributed by atoms with Gasteiger partial charge < -0.3 is 14.8 Å². The average molecular weight is 514 g/mol. The molecular weight excluding hydrogens is 483 g/mol. The molecule has 1 atom stereocenters. The lowest BCUT2D eigenvalue weighted by Gasteiger charge is -2.22. The van der Waals surface area contributed by atoms with E-state index in [-0.39, 0.29) is 25.0 Å². The number of hydrogen-bond acceptors (Lipinski definition) is 4. The summed E-state index contributed by atoms with van der Waals surface area (Å²) in [5, 5.41) is 2.69. The third-order valence-corrected chi connectivity index (χ3v) is 5.75. The first-order chi connectivity index (χ1) is 17.6. The topological polar surface area (TPSA) is 64.6 Å². The molecule has 1 unspecified atom stereocenters. The van der Waals surface area contributed by atoms with Crippen LogP contribution in [0, 0.1) is 5.92 Å². The number of carbonyl (C=O) groups excluding carboxylic acids is 2. The van der Waals surface area contributed by atoms with E-state index in [9.17, 15) is 22.8 Å². The zero-order valence-corrected chi connectivity index (χ0v) is 21.0. The molecule has 0 aromatic heterocycles. The van der Waals surface area contributed by atoms with Gasteiger partial charge in [0.25, 0.3) is 5.91 Å². The minimum absolute atomic E-state index is 0.0995. The van der Waals surface area contributed by atoms with Crippen molar-refractivity contribution >= 4 is 11.9 Å². The molecule has 1 amide bonds. The number of benzene rings is 3. The predicted octanol–water partition coefficient (Wildman–Crippen LogP) is 6.83. The van der Waals surface area contributed by atoms with E-state index in [1.54, 1.807) is 24.3 Å². The Morgan fingerprint density at radius 1 is 0.865 bits per heavy atom. The molecule has 0 radical (unpaired) electrons. The van der Waals surface area contributed by atoms with Crippen molar-refractivity contribution < 1.29 is 32.2 Å². The fourth-order valence-corrected chi connectivity index (χ4v) is 3.75. The van der Waals surface area contributed by atoms with E-state index in [4.69, 9.17) is 4.74 Å². The van der Waals surface area contributed by atoms with Gasteiger partial charge in [-0.2, -0.15) is 13.2 Å². The first-order valence-electron chi connectivity index (χ1n) is 12.0. The Morgan fingerprint density at radius 2 is 1.43 bits per heavy atom. The molecule has 0 aliphatic heterocycles. The van der Waals surface area contributed by atoms with E-state index in [1.165, 1.54) is 19.2 Å². The van der Waals surface area contributed by atoms with Gasteiger partial charge in [0.2, 0.25) is 0 Å². The number of halogens is 3. The van der Waals surface area contributed by atoms with Crippen LogP contribution in [0.15, 0.2) is 72.8 Å². The first kappa shape index (κ1) is 27.8. The number of amides is 1. The van der Waals surface area contributed by atoms with Gasteiger partial charge in [-0.25, -0.2) is 0 Å². The minimum Gasteiger partial charge on any atom is -0.486 e. The van der Waals surface area contributed by atoms with E-state index in [1.807, 2.05) is 24.3 Å². The van der Waals surface area contributed by atoms with Crippen molar-refractivity contribution in [2.75, 3.05) is 13.7 Å². The van der Waals surface area contributed by atoms with Crippen LogP contribution in [0.3, 0.4) is 0 Å². The lowest BCUT2D eigenvalue weighted by molar-refractivity contribution is -0.140. The lowest BCUT2D eigenvalue weighted by Crippen LogP contribution is -2.26. The molecule has 0 saturated carbocycles. The number of alkyl halides is 3. The molecule has 0 spiro atoms. The van der Waals surface area contributed by atoms with E-state index >= 15 is 0 Å². The van der Waals surface area contributed by atoms with Gasteiger partial charge in [0, 0.05) is 12.1 Å². The summed E-state index contributed by atoms with van der Waals surface area (Å²) in [5.41, 5.74) is 2.16. The van der Waals surface area contributed by atoms with Crippen LogP contribution in [0.4, 0.5) is 13.2 Å². The van der Waals surface area contributed by atoms with Crippen LogP contribution < -0.4 is 10.1 Å². The largest absolute Gasteiger partial charge is 0.486 e. The monoisotopic (exact) mass is 513 g/mol. The van der Waals surface area contributed by atoms with Crippen molar-refractivity contribution in [3.05, 3.63) is 89.5 Å². The molecule has 0 bridgehead atoms. The van der Waals surface area contributed by atoms with Gasteiger partial charge >= 0.3 is 12.1 Å². The summed E-state index contributed by atoms with van der Waals surface area (Å²) in [6, 6.07) is 19.4. The van der Waals surface area contributed by atoms with Gasteiger partial charge in [0.15, 0.2) is 0 Å². The highest BCUT2D eigenvalue weighted by Gasteiger charge is 2.30. The van der Waals surface area contributed by atoms with E-state index in [0.717, 1.165) is 29.7 Å². The molecular formula is C29H30F3NO4. The second-order valence-electron chi connectivity index (χ2n) is 9.04. The molecule has 8 heteroatoms. The number of rotatable bonds is 10. The molecule has 5 nitrogen and oxygen atoms in total. The molecule has 3 aromatic carbocycles. The zero-order valence-electron chi connectivity index (χ0n) is 21.0. The maximum Gasteiger partial charge on any atom is 0.416 e. The third-order valence-electron chi connectivity index (χ3n) is 5.75. The van der Waals surface area contributed by atoms with Crippen LogP contribution in [0.1, 0.15) is 54.3 Å². The molecule has 0 saturated heterocycles. The van der Waals surface area contributed by atoms with E-state index in [0.29, 0.717) is 22.8 Å². The van der Waals surface area contributed by atoms with Crippen LogP contribution in [-0.2, 0) is 15.7 Å². The maximum atomic E-state index is 12.8. The summed E-state index contributed by atoms with van der Waals surface area (Å²) < 4.78 is 49.3. The average Bonchev–Trinajstić information content (AvgIpc) is 2.88. The first-order valence-corrected chi connectivity index (χ1v) is 12.0. The summed E-state index contributed by atoms with van der Waals surface area (Å²) in [5.74, 6) is 0.302. The number of ether oxygens (including phenoxy) is 2. The Bertz CT molecular complexity index is 1170. The number of nitrogens with one attached hydrogen (secondary N) is 1. The smallest absolute Gasteiger partial charge is 0.416 e. The molecule has 3 aromatic rings. The standard InChI is InChI=1S/C29H30F3NO4/c1-19(2)18-26(22-4-6-23(7-5-22)28(35)33-17-16-27(34)36-3)37-25-14-10-21(11-15-25)20-8-12-24(13-9-20)29(30,31)32/h4-15,19,26H,16-18H2,1-3H3,(H,33,35). The lowest BCUT2D eigenvalue weighted by atomic mass is 9.98. The van der Waals surface area contributed by atoms with Crippen molar-refractivity contribution in [3.63, 3.8) is 0 Å². The molecule has 37 heavy (non-hydrogen) atoms. The highest BCUT2D eigenvalue weighted by molar-refractivity contribution is 5.94. The van der Waals surface area contributed by atoms with Gasteiger partial charge in [-0.05, 0) is 65.4 Å². The van der Waals surface area contributed by atoms with Gasteiger partial charge in [0.05, 0.1) is 19.1 Å². The van der Waals surface area contributed by atoms with Crippen molar-refractivity contribution in [1.82, 2.24) is 5.32 Å². The highest BCUT2D eigenvalue weighted by Crippen LogP contribution is 2.32. The number of esters is 1. The van der Waals surface area contributed by atoms with Crippen LogP contribution in [-0.4, -0.2) is 25.5 Å². The molecule has 1 N–H and O–H groups in total. The molecule has 196 valence electrons. The Morgan fingerprint density at radius 3 is 1.95 bits per heavy atom. The maximum absolute atomic E-state index is 12.8. The second kappa shape index (κ2) is 12.4. The number of hydrogen-bond donors (Lipinski definition) is 1. The third kappa shape index (κ3) is 8.10. The van der Waals surface area contributed by atoms with Crippen LogP contribution in [0.5, 0.6) is 5.75 Å². The van der Waals surface area contributed by atoms with Crippen molar-refractivity contribution in [2.24, 2.45) is 5.92 Å². The van der Waals surface area contributed by atoms with Crippen LogP contribution >= 0.6 is 0 Å². The second-order valence-corrected chi connectivity index (χ2v) is 9.04. The van der Waals surface area contributed by atoms with Crippen molar-refractivity contribution in [3.8, 4) is 16.9 Å². The number of methoxy groups -OCH3 is 1. The van der Waals surface area contributed by atoms with Gasteiger partial charge in [0.1, 0.15) is 11.9 Å². The molecule has 3 rings (SSSR count). The van der Waals surface area contributed by atoms with Crippen LogP contribution in [0.25, 0.3) is 11.1 Å².